The summed E-state index contributed by atoms with van der Waals surface area (Å²) in [7, 11) is -3.62. The molecule has 168 valence electrons. The minimum absolute atomic E-state index is 0.249. The molecule has 0 aliphatic carbocycles. The van der Waals surface area contributed by atoms with Gasteiger partial charge in [-0.05, 0) is 43.7 Å². The van der Waals surface area contributed by atoms with Crippen LogP contribution < -0.4 is 0 Å². The minimum Gasteiger partial charge on any atom is -0.379 e. The van der Waals surface area contributed by atoms with E-state index in [-0.39, 0.29) is 4.90 Å². The van der Waals surface area contributed by atoms with Crippen molar-refractivity contribution in [1.29, 1.82) is 0 Å². The van der Waals surface area contributed by atoms with Crippen molar-refractivity contribution in [3.05, 3.63) is 66.2 Å². The van der Waals surface area contributed by atoms with Crippen molar-refractivity contribution in [2.24, 2.45) is 0 Å². The Morgan fingerprint density at radius 2 is 1.84 bits per heavy atom. The molecule has 2 heterocycles. The summed E-state index contributed by atoms with van der Waals surface area (Å²) >= 11 is 1.55. The molecule has 0 amide bonds. The third-order valence-corrected chi connectivity index (χ3v) is 8.21. The summed E-state index contributed by atoms with van der Waals surface area (Å²) in [4.78, 5) is 0.249. The first-order chi connectivity index (χ1) is 15.4. The number of aromatic nitrogens is 3. The van der Waals surface area contributed by atoms with Gasteiger partial charge >= 0.3 is 0 Å². The SMILES string of the molecule is C=C(C)CSc1nnc(-c2cc(S(=O)(=O)N3CCOCC3)ccc2C)n1-c1ccccc1. The van der Waals surface area contributed by atoms with Crippen LogP contribution >= 0.6 is 11.8 Å². The maximum Gasteiger partial charge on any atom is 0.243 e. The Hall–Kier alpha value is -2.46. The molecule has 0 radical (unpaired) electrons. The Kier molecular flexibility index (Phi) is 6.80. The number of benzene rings is 2. The van der Waals surface area contributed by atoms with E-state index < -0.39 is 10.0 Å². The van der Waals surface area contributed by atoms with Crippen LogP contribution in [0.2, 0.25) is 0 Å². The van der Waals surface area contributed by atoms with E-state index in [1.807, 2.05) is 54.8 Å². The first-order valence-corrected chi connectivity index (χ1v) is 12.8. The Morgan fingerprint density at radius 3 is 2.53 bits per heavy atom. The van der Waals surface area contributed by atoms with Crippen LogP contribution in [0.25, 0.3) is 17.1 Å². The van der Waals surface area contributed by atoms with Crippen molar-refractivity contribution in [1.82, 2.24) is 19.1 Å². The number of morpholine rings is 1. The average molecular weight is 471 g/mol. The van der Waals surface area contributed by atoms with E-state index in [1.54, 1.807) is 23.9 Å². The molecule has 1 saturated heterocycles. The van der Waals surface area contributed by atoms with Gasteiger partial charge < -0.3 is 4.74 Å². The van der Waals surface area contributed by atoms with E-state index in [0.29, 0.717) is 32.1 Å². The van der Waals surface area contributed by atoms with Crippen molar-refractivity contribution in [3.8, 4) is 17.1 Å². The van der Waals surface area contributed by atoms with Crippen LogP contribution in [0.15, 0.2) is 70.7 Å². The second-order valence-corrected chi connectivity index (χ2v) is 10.6. The molecule has 9 heteroatoms. The van der Waals surface area contributed by atoms with E-state index in [2.05, 4.69) is 16.8 Å². The van der Waals surface area contributed by atoms with Crippen LogP contribution in [0.5, 0.6) is 0 Å². The van der Waals surface area contributed by atoms with E-state index in [9.17, 15) is 8.42 Å². The van der Waals surface area contributed by atoms with E-state index in [4.69, 9.17) is 4.74 Å². The quantitative estimate of drug-likeness (QED) is 0.385. The van der Waals surface area contributed by atoms with Crippen molar-refractivity contribution in [2.75, 3.05) is 32.1 Å². The molecule has 7 nitrogen and oxygen atoms in total. The molecule has 0 unspecified atom stereocenters. The van der Waals surface area contributed by atoms with Crippen LogP contribution in [-0.2, 0) is 14.8 Å². The van der Waals surface area contributed by atoms with Gasteiger partial charge in [-0.3, -0.25) is 4.57 Å². The summed E-state index contributed by atoms with van der Waals surface area (Å²) in [6.07, 6.45) is 0. The van der Waals surface area contributed by atoms with Gasteiger partial charge in [0.1, 0.15) is 0 Å². The Labute approximate surface area is 193 Å². The van der Waals surface area contributed by atoms with E-state index in [0.717, 1.165) is 33.3 Å². The van der Waals surface area contributed by atoms with Gasteiger partial charge in [-0.25, -0.2) is 8.42 Å². The smallest absolute Gasteiger partial charge is 0.243 e. The maximum atomic E-state index is 13.2. The Morgan fingerprint density at radius 1 is 1.12 bits per heavy atom. The molecule has 1 aliphatic rings. The largest absolute Gasteiger partial charge is 0.379 e. The molecule has 1 aromatic heterocycles. The molecule has 4 rings (SSSR count). The van der Waals surface area contributed by atoms with Gasteiger partial charge in [-0.1, -0.05) is 48.2 Å². The fourth-order valence-corrected chi connectivity index (χ4v) is 5.70. The van der Waals surface area contributed by atoms with Crippen molar-refractivity contribution in [3.63, 3.8) is 0 Å². The van der Waals surface area contributed by atoms with Gasteiger partial charge in [0.15, 0.2) is 11.0 Å². The summed E-state index contributed by atoms with van der Waals surface area (Å²) in [5.74, 6) is 1.33. The van der Waals surface area contributed by atoms with Gasteiger partial charge in [0.05, 0.1) is 18.1 Å². The highest BCUT2D eigenvalue weighted by Gasteiger charge is 2.28. The summed E-state index contributed by atoms with van der Waals surface area (Å²) < 4.78 is 35.2. The fraction of sp³-hybridized carbons (Fsp3) is 0.304. The number of sulfonamides is 1. The second kappa shape index (κ2) is 9.58. The standard InChI is InChI=1S/C23H26N4O3S2/c1-17(2)16-31-23-25-24-22(27(23)19-7-5-4-6-8-19)21-15-20(10-9-18(21)3)32(28,29)26-11-13-30-14-12-26/h4-10,15H,1,11-14,16H2,2-3H3. The molecular formula is C23H26N4O3S2. The number of thioether (sulfide) groups is 1. The number of aryl methyl sites for hydroxylation is 1. The lowest BCUT2D eigenvalue weighted by Gasteiger charge is -2.26. The Bertz CT molecular complexity index is 1220. The zero-order chi connectivity index (χ0) is 22.7. The molecule has 1 fully saturated rings. The summed E-state index contributed by atoms with van der Waals surface area (Å²) in [6.45, 7) is 9.42. The van der Waals surface area contributed by atoms with Crippen LogP contribution in [-0.4, -0.2) is 59.5 Å². The highest BCUT2D eigenvalue weighted by atomic mass is 32.2. The molecule has 0 spiro atoms. The first-order valence-electron chi connectivity index (χ1n) is 10.3. The zero-order valence-corrected chi connectivity index (χ0v) is 19.8. The molecule has 32 heavy (non-hydrogen) atoms. The van der Waals surface area contributed by atoms with Gasteiger partial charge in [0, 0.05) is 30.1 Å². The first kappa shape index (κ1) is 22.7. The lowest BCUT2D eigenvalue weighted by atomic mass is 10.1. The third-order valence-electron chi connectivity index (χ3n) is 5.15. The van der Waals surface area contributed by atoms with Crippen LogP contribution in [0.4, 0.5) is 0 Å². The lowest BCUT2D eigenvalue weighted by molar-refractivity contribution is 0.0730. The summed E-state index contributed by atoms with van der Waals surface area (Å²) in [6, 6.07) is 15.0. The van der Waals surface area contributed by atoms with Crippen molar-refractivity contribution < 1.29 is 13.2 Å². The molecule has 0 atom stereocenters. The van der Waals surface area contributed by atoms with Crippen LogP contribution in [0.1, 0.15) is 12.5 Å². The molecule has 3 aromatic rings. The maximum absolute atomic E-state index is 13.2. The number of ether oxygens (including phenoxy) is 1. The van der Waals surface area contributed by atoms with Crippen LogP contribution in [0, 0.1) is 6.92 Å². The molecule has 2 aromatic carbocycles. The highest BCUT2D eigenvalue weighted by Crippen LogP contribution is 2.32. The third kappa shape index (κ3) is 4.66. The molecule has 0 saturated carbocycles. The van der Waals surface area contributed by atoms with Gasteiger partial charge in [0.2, 0.25) is 10.0 Å². The van der Waals surface area contributed by atoms with Gasteiger partial charge in [-0.15, -0.1) is 10.2 Å². The minimum atomic E-state index is -3.62. The second-order valence-electron chi connectivity index (χ2n) is 7.72. The fourth-order valence-electron chi connectivity index (χ4n) is 3.47. The number of hydrogen-bond donors (Lipinski definition) is 0. The van der Waals surface area contributed by atoms with Crippen molar-refractivity contribution in [2.45, 2.75) is 23.9 Å². The van der Waals surface area contributed by atoms with Gasteiger partial charge in [-0.2, -0.15) is 4.31 Å². The summed E-state index contributed by atoms with van der Waals surface area (Å²) in [5.41, 5.74) is 3.61. The molecule has 1 aliphatic heterocycles. The highest BCUT2D eigenvalue weighted by molar-refractivity contribution is 7.99. The van der Waals surface area contributed by atoms with E-state index >= 15 is 0 Å². The lowest BCUT2D eigenvalue weighted by Crippen LogP contribution is -2.40. The number of hydrogen-bond acceptors (Lipinski definition) is 6. The monoisotopic (exact) mass is 470 g/mol. The summed E-state index contributed by atoms with van der Waals surface area (Å²) in [5, 5.41) is 9.62. The molecule has 0 N–H and O–H groups in total. The zero-order valence-electron chi connectivity index (χ0n) is 18.2. The average Bonchev–Trinajstić information content (AvgIpc) is 3.22. The van der Waals surface area contributed by atoms with Crippen LogP contribution in [0.3, 0.4) is 0 Å². The predicted molar refractivity (Wildman–Crippen MR) is 127 cm³/mol. The van der Waals surface area contributed by atoms with E-state index in [1.165, 1.54) is 4.31 Å². The number of rotatable bonds is 7. The molecule has 0 bridgehead atoms. The number of para-hydroxylation sites is 1. The number of nitrogens with zero attached hydrogens (tertiary/aromatic N) is 4. The Balaban J connectivity index is 1.81. The molecular weight excluding hydrogens is 444 g/mol. The van der Waals surface area contributed by atoms with Gasteiger partial charge in [0.25, 0.3) is 0 Å². The van der Waals surface area contributed by atoms with Crippen molar-refractivity contribution >= 4 is 21.8 Å². The predicted octanol–water partition coefficient (Wildman–Crippen LogP) is 3.93. The topological polar surface area (TPSA) is 77.3 Å². The normalized spacial score (nSPS) is 15.1.